The standard InChI is InChI=1S/C32H35F3N4O/c33-32(34,35)26-8-10-27(11-9-26)39-19-20-14-25(29(39)15-20)17-23-4-1-2-7-28(23)38-30-18-22(12-13-37-30)21-5-3-6-24(16-21)31(36)40/h3,5-6,8-13,16,18,20,23,25,28-29H,1-2,4,7,14-15,17,19H2,(H2,36,40)(H,37,38)/t20-,23+,25-,28-,29-/m1/s1. The van der Waals surface area contributed by atoms with Crippen LogP contribution in [-0.2, 0) is 6.18 Å². The maximum absolute atomic E-state index is 13.1. The minimum absolute atomic E-state index is 0.326. The number of nitrogens with one attached hydrogen (secondary N) is 1. The molecule has 6 rings (SSSR count). The van der Waals surface area contributed by atoms with E-state index in [9.17, 15) is 18.0 Å². The van der Waals surface area contributed by atoms with Gasteiger partial charge in [0.15, 0.2) is 0 Å². The Balaban J connectivity index is 1.14. The SMILES string of the molecule is NC(=O)c1cccc(-c2ccnc(N[C@@H]3CCCC[C@H]3C[C@H]3C[C@@H]4C[C@H]3N(c3ccc(C(F)(F)F)cc3)C4)c2)c1. The first-order valence-electron chi connectivity index (χ1n) is 14.3. The van der Waals surface area contributed by atoms with Crippen LogP contribution in [0.5, 0.6) is 0 Å². The summed E-state index contributed by atoms with van der Waals surface area (Å²) >= 11 is 0. The molecule has 1 aromatic heterocycles. The Kier molecular flexibility index (Phi) is 7.19. The fourth-order valence-corrected chi connectivity index (χ4v) is 7.35. The summed E-state index contributed by atoms with van der Waals surface area (Å²) in [6.45, 7) is 0.937. The van der Waals surface area contributed by atoms with Crippen molar-refractivity contribution in [1.29, 1.82) is 0 Å². The van der Waals surface area contributed by atoms with E-state index >= 15 is 0 Å². The second-order valence-corrected chi connectivity index (χ2v) is 11.8. The number of anilines is 2. The van der Waals surface area contributed by atoms with E-state index in [1.165, 1.54) is 37.8 Å². The number of nitrogens with two attached hydrogens (primary N) is 1. The van der Waals surface area contributed by atoms with E-state index < -0.39 is 17.6 Å². The van der Waals surface area contributed by atoms with Crippen LogP contribution in [0.3, 0.4) is 0 Å². The van der Waals surface area contributed by atoms with Gasteiger partial charge in [0.2, 0.25) is 5.91 Å². The van der Waals surface area contributed by atoms with Gasteiger partial charge >= 0.3 is 6.18 Å². The Morgan fingerprint density at radius 1 is 0.975 bits per heavy atom. The smallest absolute Gasteiger partial charge is 0.368 e. The number of primary amides is 1. The number of fused-ring (bicyclic) bond motifs is 2. The average Bonchev–Trinajstić information content (AvgIpc) is 3.55. The molecular weight excluding hydrogens is 513 g/mol. The predicted octanol–water partition coefficient (Wildman–Crippen LogP) is 7.14. The van der Waals surface area contributed by atoms with Crippen molar-refractivity contribution in [1.82, 2.24) is 4.98 Å². The molecule has 3 N–H and O–H groups in total. The molecule has 2 aliphatic carbocycles. The summed E-state index contributed by atoms with van der Waals surface area (Å²) in [4.78, 5) is 18.6. The summed E-state index contributed by atoms with van der Waals surface area (Å²) in [5, 5.41) is 3.74. The van der Waals surface area contributed by atoms with Gasteiger partial charge in [0, 0.05) is 36.1 Å². The molecule has 40 heavy (non-hydrogen) atoms. The number of hydrogen-bond donors (Lipinski definition) is 2. The molecule has 3 fully saturated rings. The van der Waals surface area contributed by atoms with E-state index in [1.807, 2.05) is 30.3 Å². The van der Waals surface area contributed by atoms with Crippen LogP contribution in [0.2, 0.25) is 0 Å². The third-order valence-electron chi connectivity index (χ3n) is 9.22. The van der Waals surface area contributed by atoms with Crippen LogP contribution < -0.4 is 16.0 Å². The second-order valence-electron chi connectivity index (χ2n) is 11.8. The van der Waals surface area contributed by atoms with E-state index in [1.54, 1.807) is 24.4 Å². The van der Waals surface area contributed by atoms with Crippen molar-refractivity contribution in [2.45, 2.75) is 63.2 Å². The van der Waals surface area contributed by atoms with Crippen molar-refractivity contribution in [3.63, 3.8) is 0 Å². The maximum atomic E-state index is 13.1. The molecule has 5 nitrogen and oxygen atoms in total. The lowest BCUT2D eigenvalue weighted by Crippen LogP contribution is -2.41. The maximum Gasteiger partial charge on any atom is 0.416 e. The first kappa shape index (κ1) is 26.7. The Hall–Kier alpha value is -3.55. The van der Waals surface area contributed by atoms with Gasteiger partial charge in [-0.2, -0.15) is 13.2 Å². The molecule has 0 spiro atoms. The third kappa shape index (κ3) is 5.54. The summed E-state index contributed by atoms with van der Waals surface area (Å²) in [5.41, 5.74) is 8.17. The highest BCUT2D eigenvalue weighted by Gasteiger charge is 2.46. The zero-order valence-electron chi connectivity index (χ0n) is 22.4. The van der Waals surface area contributed by atoms with Gasteiger partial charge < -0.3 is 16.0 Å². The van der Waals surface area contributed by atoms with Crippen molar-refractivity contribution < 1.29 is 18.0 Å². The molecule has 2 aromatic carbocycles. The molecule has 0 unspecified atom stereocenters. The lowest BCUT2D eigenvalue weighted by atomic mass is 9.77. The number of hydrogen-bond acceptors (Lipinski definition) is 4. The predicted molar refractivity (Wildman–Crippen MR) is 151 cm³/mol. The van der Waals surface area contributed by atoms with Crippen molar-refractivity contribution in [3.05, 3.63) is 78.0 Å². The lowest BCUT2D eigenvalue weighted by molar-refractivity contribution is -0.137. The highest BCUT2D eigenvalue weighted by Crippen LogP contribution is 2.48. The minimum Gasteiger partial charge on any atom is -0.368 e. The quantitative estimate of drug-likeness (QED) is 0.329. The molecule has 2 saturated carbocycles. The molecule has 3 aromatic rings. The number of alkyl halides is 3. The topological polar surface area (TPSA) is 71.2 Å². The third-order valence-corrected chi connectivity index (χ3v) is 9.22. The molecule has 1 aliphatic heterocycles. The van der Waals surface area contributed by atoms with Crippen LogP contribution in [0.25, 0.3) is 11.1 Å². The van der Waals surface area contributed by atoms with Gasteiger partial charge in [0.05, 0.1) is 5.56 Å². The van der Waals surface area contributed by atoms with E-state index in [0.29, 0.717) is 35.4 Å². The number of piperidine rings is 1. The fourth-order valence-electron chi connectivity index (χ4n) is 7.35. The van der Waals surface area contributed by atoms with Crippen LogP contribution in [0.1, 0.15) is 60.9 Å². The number of rotatable bonds is 7. The summed E-state index contributed by atoms with van der Waals surface area (Å²) in [6, 6.07) is 17.7. The van der Waals surface area contributed by atoms with Crippen molar-refractivity contribution in [3.8, 4) is 11.1 Å². The van der Waals surface area contributed by atoms with Crippen LogP contribution >= 0.6 is 0 Å². The highest BCUT2D eigenvalue weighted by atomic mass is 19.4. The van der Waals surface area contributed by atoms with E-state index in [0.717, 1.165) is 48.4 Å². The molecule has 1 saturated heterocycles. The molecule has 8 heteroatoms. The summed E-state index contributed by atoms with van der Waals surface area (Å²) in [7, 11) is 0. The highest BCUT2D eigenvalue weighted by molar-refractivity contribution is 5.94. The summed E-state index contributed by atoms with van der Waals surface area (Å²) < 4.78 is 39.2. The minimum atomic E-state index is -4.31. The largest absolute Gasteiger partial charge is 0.416 e. The van der Waals surface area contributed by atoms with E-state index in [-0.39, 0.29) is 0 Å². The van der Waals surface area contributed by atoms with Gasteiger partial charge in [-0.05, 0) is 110 Å². The first-order valence-corrected chi connectivity index (χ1v) is 14.3. The van der Waals surface area contributed by atoms with Crippen molar-refractivity contribution in [2.75, 3.05) is 16.8 Å². The number of pyridine rings is 1. The van der Waals surface area contributed by atoms with Crippen molar-refractivity contribution in [2.24, 2.45) is 23.5 Å². The van der Waals surface area contributed by atoms with Crippen LogP contribution in [0, 0.1) is 17.8 Å². The second kappa shape index (κ2) is 10.8. The van der Waals surface area contributed by atoms with E-state index in [2.05, 4.69) is 15.2 Å². The van der Waals surface area contributed by atoms with Gasteiger partial charge in [-0.3, -0.25) is 4.79 Å². The molecule has 0 radical (unpaired) electrons. The molecule has 5 atom stereocenters. The van der Waals surface area contributed by atoms with Gasteiger partial charge in [0.25, 0.3) is 0 Å². The number of carbonyl (C=O) groups is 1. The number of aromatic nitrogens is 1. The monoisotopic (exact) mass is 548 g/mol. The Labute approximate surface area is 233 Å². The molecule has 3 aliphatic rings. The van der Waals surface area contributed by atoms with Crippen LogP contribution in [0.15, 0.2) is 66.9 Å². The Morgan fingerprint density at radius 3 is 2.50 bits per heavy atom. The Morgan fingerprint density at radius 2 is 1.75 bits per heavy atom. The molecule has 210 valence electrons. The number of nitrogens with zero attached hydrogens (tertiary/aromatic N) is 2. The van der Waals surface area contributed by atoms with Gasteiger partial charge in [-0.15, -0.1) is 0 Å². The number of amides is 1. The van der Waals surface area contributed by atoms with Crippen molar-refractivity contribution >= 4 is 17.4 Å². The molecular formula is C32H35F3N4O. The molecule has 1 amide bonds. The Bertz CT molecular complexity index is 1360. The zero-order chi connectivity index (χ0) is 27.9. The first-order chi connectivity index (χ1) is 19.2. The number of halogens is 3. The zero-order valence-corrected chi connectivity index (χ0v) is 22.4. The van der Waals surface area contributed by atoms with Crippen LogP contribution in [-0.4, -0.2) is 29.5 Å². The number of benzene rings is 2. The number of carbonyl (C=O) groups excluding carboxylic acids is 1. The normalized spacial score (nSPS) is 26.2. The van der Waals surface area contributed by atoms with Crippen LogP contribution in [0.4, 0.5) is 24.7 Å². The summed E-state index contributed by atoms with van der Waals surface area (Å²) in [5.74, 6) is 2.07. The summed E-state index contributed by atoms with van der Waals surface area (Å²) in [6.07, 6.45) is 5.61. The van der Waals surface area contributed by atoms with E-state index in [4.69, 9.17) is 5.73 Å². The van der Waals surface area contributed by atoms with Gasteiger partial charge in [-0.1, -0.05) is 25.0 Å². The van der Waals surface area contributed by atoms with Gasteiger partial charge in [0.1, 0.15) is 5.82 Å². The van der Waals surface area contributed by atoms with Gasteiger partial charge in [-0.25, -0.2) is 4.98 Å². The fraction of sp³-hybridized carbons (Fsp3) is 0.438. The average molecular weight is 549 g/mol. The lowest BCUT2D eigenvalue weighted by Gasteiger charge is -2.40. The molecule has 2 bridgehead atoms. The molecule has 2 heterocycles.